The van der Waals surface area contributed by atoms with E-state index in [1.54, 1.807) is 42.5 Å². The Morgan fingerprint density at radius 1 is 0.952 bits per heavy atom. The summed E-state index contributed by atoms with van der Waals surface area (Å²) in [7, 11) is -2.66. The first-order valence-corrected chi connectivity index (χ1v) is 7.61. The lowest BCUT2D eigenvalue weighted by atomic mass is 10.2. The molecule has 5 heteroatoms. The Hall–Kier alpha value is -2.58. The first kappa shape index (κ1) is 14.8. The van der Waals surface area contributed by atoms with Gasteiger partial charge in [-0.25, -0.2) is 12.7 Å². The number of hydrogen-bond donors (Lipinski definition) is 0. The van der Waals surface area contributed by atoms with Crippen LogP contribution in [0.15, 0.2) is 65.6 Å². The van der Waals surface area contributed by atoms with Crippen molar-refractivity contribution in [1.29, 1.82) is 0 Å². The molecule has 0 aliphatic rings. The number of nitrogens with zero attached hydrogens (tertiary/aromatic N) is 1. The summed E-state index contributed by atoms with van der Waals surface area (Å²) in [5.41, 5.74) is 0.649. The average molecular weight is 299 g/mol. The molecule has 0 heterocycles. The fraction of sp³-hybridized carbons (Fsp3) is 0.0625. The van der Waals surface area contributed by atoms with E-state index in [9.17, 15) is 13.2 Å². The second-order valence-electron chi connectivity index (χ2n) is 4.21. The van der Waals surface area contributed by atoms with Gasteiger partial charge < -0.3 is 0 Å². The second-order valence-corrected chi connectivity index (χ2v) is 6.18. The zero-order chi connectivity index (χ0) is 15.3. The molecule has 1 amide bonds. The van der Waals surface area contributed by atoms with Crippen LogP contribution in [-0.2, 0) is 14.8 Å². The van der Waals surface area contributed by atoms with Gasteiger partial charge in [-0.15, -0.1) is 0 Å². The van der Waals surface area contributed by atoms with Crippen molar-refractivity contribution in [2.75, 3.05) is 7.05 Å². The highest BCUT2D eigenvalue weighted by molar-refractivity contribution is 7.89. The van der Waals surface area contributed by atoms with E-state index in [-0.39, 0.29) is 4.90 Å². The van der Waals surface area contributed by atoms with Gasteiger partial charge in [-0.3, -0.25) is 4.79 Å². The smallest absolute Gasteiger partial charge is 0.258 e. The van der Waals surface area contributed by atoms with E-state index in [0.29, 0.717) is 9.87 Å². The van der Waals surface area contributed by atoms with E-state index in [2.05, 4.69) is 11.8 Å². The van der Waals surface area contributed by atoms with Crippen LogP contribution in [0.1, 0.15) is 5.56 Å². The summed E-state index contributed by atoms with van der Waals surface area (Å²) in [6.45, 7) is 0. The minimum atomic E-state index is -3.86. The maximum Gasteiger partial charge on any atom is 0.312 e. The van der Waals surface area contributed by atoms with Crippen molar-refractivity contribution in [3.8, 4) is 11.8 Å². The van der Waals surface area contributed by atoms with Crippen molar-refractivity contribution < 1.29 is 13.2 Å². The SMILES string of the molecule is CN(C(=O)C#Cc1ccccc1)S(=O)(=O)c1ccccc1. The first-order valence-electron chi connectivity index (χ1n) is 6.17. The largest absolute Gasteiger partial charge is 0.312 e. The molecule has 0 aromatic heterocycles. The van der Waals surface area contributed by atoms with Gasteiger partial charge in [-0.1, -0.05) is 42.3 Å². The van der Waals surface area contributed by atoms with Gasteiger partial charge in [0.05, 0.1) is 4.90 Å². The van der Waals surface area contributed by atoms with Crippen molar-refractivity contribution in [1.82, 2.24) is 4.31 Å². The van der Waals surface area contributed by atoms with Gasteiger partial charge in [0.25, 0.3) is 10.0 Å². The summed E-state index contributed by atoms with van der Waals surface area (Å²) < 4.78 is 25.1. The third kappa shape index (κ3) is 3.50. The zero-order valence-corrected chi connectivity index (χ0v) is 12.2. The highest BCUT2D eigenvalue weighted by Gasteiger charge is 2.23. The minimum absolute atomic E-state index is 0.0577. The molecule has 2 rings (SSSR count). The molecular weight excluding hydrogens is 286 g/mol. The molecule has 0 unspecified atom stereocenters. The molecule has 4 nitrogen and oxygen atoms in total. The topological polar surface area (TPSA) is 54.5 Å². The number of carbonyl (C=O) groups excluding carboxylic acids is 1. The van der Waals surface area contributed by atoms with Gasteiger partial charge in [-0.2, -0.15) is 0 Å². The maximum atomic E-state index is 12.2. The van der Waals surface area contributed by atoms with Crippen molar-refractivity contribution in [3.63, 3.8) is 0 Å². The Bertz CT molecular complexity index is 788. The lowest BCUT2D eigenvalue weighted by Crippen LogP contribution is -2.32. The fourth-order valence-corrected chi connectivity index (χ4v) is 2.67. The first-order chi connectivity index (χ1) is 10.0. The molecule has 0 radical (unpaired) electrons. The van der Waals surface area contributed by atoms with Crippen LogP contribution in [0.4, 0.5) is 0 Å². The van der Waals surface area contributed by atoms with E-state index >= 15 is 0 Å². The Labute approximate surface area is 124 Å². The average Bonchev–Trinajstić information content (AvgIpc) is 2.53. The molecule has 21 heavy (non-hydrogen) atoms. The molecule has 0 saturated carbocycles. The molecule has 0 fully saturated rings. The van der Waals surface area contributed by atoms with Crippen molar-refractivity contribution >= 4 is 15.9 Å². The lowest BCUT2D eigenvalue weighted by Gasteiger charge is -2.14. The van der Waals surface area contributed by atoms with Crippen molar-refractivity contribution in [2.24, 2.45) is 0 Å². The zero-order valence-electron chi connectivity index (χ0n) is 11.4. The second kappa shape index (κ2) is 6.25. The minimum Gasteiger partial charge on any atom is -0.258 e. The van der Waals surface area contributed by atoms with Crippen LogP contribution in [0.25, 0.3) is 0 Å². The Kier molecular flexibility index (Phi) is 4.41. The predicted octanol–water partition coefficient (Wildman–Crippen LogP) is 1.89. The molecule has 0 spiro atoms. The fourth-order valence-electron chi connectivity index (χ4n) is 1.59. The monoisotopic (exact) mass is 299 g/mol. The van der Waals surface area contributed by atoms with Crippen molar-refractivity contribution in [2.45, 2.75) is 4.90 Å². The Morgan fingerprint density at radius 2 is 1.48 bits per heavy atom. The van der Waals surface area contributed by atoms with Crippen LogP contribution in [0, 0.1) is 11.8 Å². The molecule has 0 aliphatic heterocycles. The summed E-state index contributed by atoms with van der Waals surface area (Å²) in [5.74, 6) is 4.20. The summed E-state index contributed by atoms with van der Waals surface area (Å²) in [4.78, 5) is 12.0. The Balaban J connectivity index is 2.23. The van der Waals surface area contributed by atoms with Gasteiger partial charge in [0.2, 0.25) is 0 Å². The highest BCUT2D eigenvalue weighted by Crippen LogP contribution is 2.13. The van der Waals surface area contributed by atoms with E-state index in [4.69, 9.17) is 0 Å². The van der Waals surface area contributed by atoms with Crippen LogP contribution in [0.2, 0.25) is 0 Å². The molecule has 0 atom stereocenters. The van der Waals surface area contributed by atoms with Crippen LogP contribution in [0.3, 0.4) is 0 Å². The van der Waals surface area contributed by atoms with Gasteiger partial charge in [0, 0.05) is 18.5 Å². The quantitative estimate of drug-likeness (QED) is 0.796. The molecule has 2 aromatic carbocycles. The third-order valence-corrected chi connectivity index (χ3v) is 4.53. The van der Waals surface area contributed by atoms with E-state index in [1.165, 1.54) is 19.2 Å². The number of carbonyl (C=O) groups is 1. The normalized spacial score (nSPS) is 10.3. The van der Waals surface area contributed by atoms with E-state index in [1.807, 2.05) is 6.07 Å². The van der Waals surface area contributed by atoms with E-state index < -0.39 is 15.9 Å². The van der Waals surface area contributed by atoms with Crippen molar-refractivity contribution in [3.05, 3.63) is 66.2 Å². The van der Waals surface area contributed by atoms with Gasteiger partial charge in [0.15, 0.2) is 0 Å². The third-order valence-electron chi connectivity index (χ3n) is 2.78. The molecule has 0 bridgehead atoms. The molecular formula is C16H13NO3S. The maximum absolute atomic E-state index is 12.2. The van der Waals surface area contributed by atoms with Gasteiger partial charge in [0.1, 0.15) is 0 Å². The molecule has 0 saturated heterocycles. The highest BCUT2D eigenvalue weighted by atomic mass is 32.2. The summed E-state index contributed by atoms with van der Waals surface area (Å²) >= 11 is 0. The molecule has 0 aliphatic carbocycles. The molecule has 0 N–H and O–H groups in total. The number of benzene rings is 2. The van der Waals surface area contributed by atoms with Gasteiger partial charge in [-0.05, 0) is 24.3 Å². The molecule has 2 aromatic rings. The molecule has 106 valence electrons. The predicted molar refractivity (Wildman–Crippen MR) is 79.7 cm³/mol. The standard InChI is InChI=1S/C16H13NO3S/c1-17(21(19,20)15-10-6-3-7-11-15)16(18)13-12-14-8-4-2-5-9-14/h2-11H,1H3. The number of sulfonamides is 1. The summed E-state index contributed by atoms with van der Waals surface area (Å²) in [6.07, 6.45) is 0. The number of hydrogen-bond acceptors (Lipinski definition) is 3. The summed E-state index contributed by atoms with van der Waals surface area (Å²) in [6, 6.07) is 16.7. The van der Waals surface area contributed by atoms with Gasteiger partial charge >= 0.3 is 5.91 Å². The van der Waals surface area contributed by atoms with Crippen LogP contribution in [0.5, 0.6) is 0 Å². The number of rotatable bonds is 2. The van der Waals surface area contributed by atoms with Crippen LogP contribution in [-0.4, -0.2) is 25.7 Å². The van der Waals surface area contributed by atoms with E-state index in [0.717, 1.165) is 0 Å². The summed E-state index contributed by atoms with van der Waals surface area (Å²) in [5, 5.41) is 0. The van der Waals surface area contributed by atoms with Crippen LogP contribution < -0.4 is 0 Å². The van der Waals surface area contributed by atoms with Crippen LogP contribution >= 0.6 is 0 Å². The lowest BCUT2D eigenvalue weighted by molar-refractivity contribution is -0.119. The Morgan fingerprint density at radius 3 is 2.05 bits per heavy atom. The number of amides is 1.